The molecule has 1 aliphatic heterocycles. The Hall–Kier alpha value is -3.95. The normalized spacial score (nSPS) is 15.5. The molecule has 0 radical (unpaired) electrons. The molecule has 1 N–H and O–H groups in total. The Morgan fingerprint density at radius 3 is 2.30 bits per heavy atom. The van der Waals surface area contributed by atoms with Gasteiger partial charge >= 0.3 is 11.9 Å². The van der Waals surface area contributed by atoms with Crippen molar-refractivity contribution in [2.45, 2.75) is 59.4 Å². The zero-order valence-corrected chi connectivity index (χ0v) is 25.3. The minimum atomic E-state index is -0.933. The number of ether oxygens (including phenoxy) is 2. The van der Waals surface area contributed by atoms with Gasteiger partial charge in [-0.25, -0.2) is 14.3 Å². The van der Waals surface area contributed by atoms with Gasteiger partial charge in [-0.2, -0.15) is 5.10 Å². The van der Waals surface area contributed by atoms with Gasteiger partial charge in [0.15, 0.2) is 5.69 Å². The maximum Gasteiger partial charge on any atom is 0.368 e. The van der Waals surface area contributed by atoms with Gasteiger partial charge in [0, 0.05) is 30.0 Å². The van der Waals surface area contributed by atoms with Crippen molar-refractivity contribution in [3.63, 3.8) is 0 Å². The van der Waals surface area contributed by atoms with Gasteiger partial charge in [-0.3, -0.25) is 4.99 Å². The Kier molecular flexibility index (Phi) is 14.1. The van der Waals surface area contributed by atoms with Crippen LogP contribution < -0.4 is 0 Å². The summed E-state index contributed by atoms with van der Waals surface area (Å²) < 4.78 is 11.8. The zero-order valence-electron chi connectivity index (χ0n) is 24.6. The number of carbonyl (C=O) groups is 2. The number of carbonyl (C=O) groups excluding carboxylic acids is 1. The number of nitrogens with zero attached hydrogens (tertiary/aromatic N) is 4. The lowest BCUT2D eigenvalue weighted by Crippen LogP contribution is -2.35. The smallest absolute Gasteiger partial charge is 0.368 e. The van der Waals surface area contributed by atoms with E-state index >= 15 is 0 Å². The Morgan fingerprint density at radius 2 is 1.68 bits per heavy atom. The van der Waals surface area contributed by atoms with E-state index in [0.29, 0.717) is 13.2 Å². The third-order valence-corrected chi connectivity index (χ3v) is 7.53. The van der Waals surface area contributed by atoms with E-state index in [1.807, 2.05) is 60.7 Å². The number of para-hydroxylation sites is 1. The molecule has 0 amide bonds. The highest BCUT2D eigenvalue weighted by Crippen LogP contribution is 2.27. The van der Waals surface area contributed by atoms with Crippen LogP contribution in [0.4, 0.5) is 0 Å². The van der Waals surface area contributed by atoms with Crippen LogP contribution in [0.2, 0.25) is 0 Å². The summed E-state index contributed by atoms with van der Waals surface area (Å²) >= 11 is 5.64. The first-order chi connectivity index (χ1) is 21.0. The standard InChI is InChI=1S/C13H12N2O2.C11H12ClNO2.C9H15NO.CH4/c16-13(17)12-10-7-4-8-11(10)15(14-12)9-5-2-1-3-6-9;1-2-15-11(14)10(12)13-8-9-6-4-3-5-7-9;1-2-4-9(3-1)10-5-7-11-8-6-10;/h1-3,5-6H,4,7-8H2,(H,16,17);3-7H,2,8H2,1H3;3H,1-2,4-8H2;1H4. The van der Waals surface area contributed by atoms with Crippen molar-refractivity contribution in [1.29, 1.82) is 0 Å². The lowest BCUT2D eigenvalue weighted by molar-refractivity contribution is -0.134. The average molecular weight is 623 g/mol. The van der Waals surface area contributed by atoms with Crippen molar-refractivity contribution in [3.05, 3.63) is 95.0 Å². The Bertz CT molecular complexity index is 1400. The van der Waals surface area contributed by atoms with E-state index in [-0.39, 0.29) is 18.3 Å². The molecule has 6 rings (SSSR count). The summed E-state index contributed by atoms with van der Waals surface area (Å²) in [5.41, 5.74) is 5.66. The Balaban J connectivity index is 0.000000182. The fraction of sp³-hybridized carbons (Fsp3) is 0.412. The van der Waals surface area contributed by atoms with Crippen molar-refractivity contribution in [2.75, 3.05) is 32.9 Å². The number of carboxylic acid groups (broad SMARTS) is 1. The minimum absolute atomic E-state index is 0. The van der Waals surface area contributed by atoms with Crippen molar-refractivity contribution >= 4 is 28.7 Å². The van der Waals surface area contributed by atoms with Gasteiger partial charge in [0.05, 0.1) is 32.1 Å². The van der Waals surface area contributed by atoms with Crippen molar-refractivity contribution in [1.82, 2.24) is 14.7 Å². The third-order valence-electron chi connectivity index (χ3n) is 7.25. The van der Waals surface area contributed by atoms with Crippen LogP contribution in [0, 0.1) is 0 Å². The summed E-state index contributed by atoms with van der Waals surface area (Å²) in [5.74, 6) is -1.51. The molecule has 1 saturated heterocycles. The molecule has 0 atom stereocenters. The fourth-order valence-corrected chi connectivity index (χ4v) is 5.30. The summed E-state index contributed by atoms with van der Waals surface area (Å²) in [5, 5.41) is 13.2. The van der Waals surface area contributed by atoms with Gasteiger partial charge in [0.2, 0.25) is 5.17 Å². The van der Waals surface area contributed by atoms with Gasteiger partial charge < -0.3 is 19.5 Å². The predicted molar refractivity (Wildman–Crippen MR) is 174 cm³/mol. The number of rotatable bonds is 7. The molecule has 236 valence electrons. The molecule has 0 bridgehead atoms. The van der Waals surface area contributed by atoms with Crippen LogP contribution in [-0.4, -0.2) is 69.8 Å². The minimum Gasteiger partial charge on any atom is -0.476 e. The molecular formula is C34H43ClN4O5. The molecule has 0 saturated carbocycles. The highest BCUT2D eigenvalue weighted by Gasteiger charge is 2.26. The van der Waals surface area contributed by atoms with Crippen LogP contribution in [0.5, 0.6) is 0 Å². The molecule has 1 aromatic heterocycles. The van der Waals surface area contributed by atoms with Gasteiger partial charge in [-0.15, -0.1) is 0 Å². The van der Waals surface area contributed by atoms with Crippen LogP contribution in [0.3, 0.4) is 0 Å². The maximum absolute atomic E-state index is 11.1. The van der Waals surface area contributed by atoms with Crippen LogP contribution >= 0.6 is 11.6 Å². The quantitative estimate of drug-likeness (QED) is 0.238. The molecule has 1 fully saturated rings. The Labute approximate surface area is 265 Å². The number of fused-ring (bicyclic) bond motifs is 1. The second kappa shape index (κ2) is 18.0. The average Bonchev–Trinajstić information content (AvgIpc) is 3.81. The van der Waals surface area contributed by atoms with E-state index in [9.17, 15) is 9.59 Å². The monoisotopic (exact) mass is 622 g/mol. The van der Waals surface area contributed by atoms with E-state index in [0.717, 1.165) is 68.1 Å². The van der Waals surface area contributed by atoms with Gasteiger partial charge in [-0.1, -0.05) is 73.6 Å². The summed E-state index contributed by atoms with van der Waals surface area (Å²) in [4.78, 5) is 28.6. The molecule has 3 aliphatic rings. The predicted octanol–water partition coefficient (Wildman–Crippen LogP) is 6.47. The van der Waals surface area contributed by atoms with Crippen LogP contribution in [0.1, 0.15) is 67.3 Å². The largest absolute Gasteiger partial charge is 0.476 e. The lowest BCUT2D eigenvalue weighted by Gasteiger charge is -2.29. The van der Waals surface area contributed by atoms with E-state index in [1.165, 1.54) is 19.3 Å². The molecule has 3 aromatic rings. The lowest BCUT2D eigenvalue weighted by atomic mass is 10.2. The van der Waals surface area contributed by atoms with Crippen LogP contribution in [0.15, 0.2) is 77.4 Å². The molecule has 0 spiro atoms. The highest BCUT2D eigenvalue weighted by atomic mass is 35.5. The number of aliphatic imine (C=N–C) groups is 1. The van der Waals surface area contributed by atoms with Crippen molar-refractivity contribution < 1.29 is 24.2 Å². The van der Waals surface area contributed by atoms with Crippen LogP contribution in [0.25, 0.3) is 5.69 Å². The molecule has 0 unspecified atom stereocenters. The van der Waals surface area contributed by atoms with Gasteiger partial charge in [0.1, 0.15) is 0 Å². The summed E-state index contributed by atoms with van der Waals surface area (Å²) in [7, 11) is 0. The van der Waals surface area contributed by atoms with E-state index < -0.39 is 11.9 Å². The fourth-order valence-electron chi connectivity index (χ4n) is 5.18. The number of benzene rings is 2. The van der Waals surface area contributed by atoms with Crippen molar-refractivity contribution in [2.24, 2.45) is 4.99 Å². The zero-order chi connectivity index (χ0) is 30.4. The topological polar surface area (TPSA) is 106 Å². The maximum atomic E-state index is 11.1. The second-order valence-electron chi connectivity index (χ2n) is 10.2. The number of halogens is 1. The first-order valence-electron chi connectivity index (χ1n) is 14.8. The van der Waals surface area contributed by atoms with Gasteiger partial charge in [0.25, 0.3) is 0 Å². The first-order valence-corrected chi connectivity index (χ1v) is 15.2. The molecule has 10 heteroatoms. The number of allylic oxidation sites excluding steroid dienone is 2. The number of aromatic nitrogens is 2. The molecule has 2 aliphatic carbocycles. The second-order valence-corrected chi connectivity index (χ2v) is 10.5. The first kappa shape index (κ1) is 34.5. The number of carboxylic acids is 1. The van der Waals surface area contributed by atoms with E-state index in [4.69, 9.17) is 26.2 Å². The number of morpholine rings is 1. The molecule has 9 nitrogen and oxygen atoms in total. The SMILES string of the molecule is C.C1=C(N2CCOCC2)CCC1.CCOC(=O)C(Cl)=NCc1ccccc1.O=C(O)c1nn(-c2ccccc2)c2c1CCC2. The molecular weight excluding hydrogens is 580 g/mol. The molecule has 2 aromatic carbocycles. The summed E-state index contributed by atoms with van der Waals surface area (Å²) in [6, 6.07) is 19.2. The summed E-state index contributed by atoms with van der Waals surface area (Å²) in [6.45, 7) is 6.44. The number of hydrogen-bond acceptors (Lipinski definition) is 7. The summed E-state index contributed by atoms with van der Waals surface area (Å²) in [6.07, 6.45) is 9.05. The van der Waals surface area contributed by atoms with E-state index in [2.05, 4.69) is 21.1 Å². The highest BCUT2D eigenvalue weighted by molar-refractivity contribution is 6.82. The van der Waals surface area contributed by atoms with Crippen molar-refractivity contribution in [3.8, 4) is 5.69 Å². The molecule has 2 heterocycles. The van der Waals surface area contributed by atoms with E-state index in [1.54, 1.807) is 17.3 Å². The molecule has 44 heavy (non-hydrogen) atoms. The number of aromatic carboxylic acids is 1. The Morgan fingerprint density at radius 1 is 1.00 bits per heavy atom. The van der Waals surface area contributed by atoms with Gasteiger partial charge in [-0.05, 0) is 63.1 Å². The van der Waals surface area contributed by atoms with Crippen LogP contribution in [-0.2, 0) is 33.7 Å². The number of hydrogen-bond donors (Lipinski definition) is 1. The number of esters is 1. The third kappa shape index (κ3) is 9.79.